The number of hydrogen-bond donors (Lipinski definition) is 0. The van der Waals surface area contributed by atoms with Crippen molar-refractivity contribution >= 4 is 21.9 Å². The largest absolute Gasteiger partial charge is 0.534 e. The summed E-state index contributed by atoms with van der Waals surface area (Å²) >= 11 is 1.72. The van der Waals surface area contributed by atoms with Gasteiger partial charge in [0.2, 0.25) is 0 Å². The lowest BCUT2D eigenvalue weighted by molar-refractivity contribution is -0.0523. The van der Waals surface area contributed by atoms with Gasteiger partial charge in [-0.1, -0.05) is 6.07 Å². The Kier molecular flexibility index (Phi) is 5.38. The van der Waals surface area contributed by atoms with E-state index in [1.807, 2.05) is 18.2 Å². The third-order valence-corrected chi connectivity index (χ3v) is 5.46. The van der Waals surface area contributed by atoms with Crippen molar-refractivity contribution in [3.63, 3.8) is 0 Å². The molecule has 0 N–H and O–H groups in total. The Morgan fingerprint density at radius 2 is 1.86 bits per heavy atom. The number of thioether (sulfide) groups is 1. The van der Waals surface area contributed by atoms with E-state index >= 15 is 0 Å². The quantitative estimate of drug-likeness (QED) is 0.604. The summed E-state index contributed by atoms with van der Waals surface area (Å²) in [5, 5.41) is 0. The van der Waals surface area contributed by atoms with E-state index in [9.17, 15) is 21.6 Å². The summed E-state index contributed by atoms with van der Waals surface area (Å²) in [5.41, 5.74) is -5.35. The Bertz CT molecular complexity index is 590. The first-order chi connectivity index (χ1) is 10.3. The van der Waals surface area contributed by atoms with Gasteiger partial charge >= 0.3 is 15.6 Å². The molecule has 0 aromatic carbocycles. The maximum absolute atomic E-state index is 12.0. The molecule has 0 spiro atoms. The van der Waals surface area contributed by atoms with Crippen molar-refractivity contribution in [2.24, 2.45) is 11.8 Å². The van der Waals surface area contributed by atoms with Crippen LogP contribution in [0.3, 0.4) is 0 Å². The van der Waals surface area contributed by atoms with Crippen molar-refractivity contribution in [2.45, 2.75) is 11.9 Å². The van der Waals surface area contributed by atoms with Crippen LogP contribution in [0.5, 0.6) is 0 Å². The lowest BCUT2D eigenvalue weighted by atomic mass is 10.0. The van der Waals surface area contributed by atoms with Crippen LogP contribution in [0.15, 0.2) is 42.4 Å². The van der Waals surface area contributed by atoms with Gasteiger partial charge in [-0.2, -0.15) is 33.4 Å². The number of halogens is 3. The van der Waals surface area contributed by atoms with E-state index in [2.05, 4.69) is 9.17 Å². The molecule has 1 fully saturated rings. The van der Waals surface area contributed by atoms with Gasteiger partial charge in [-0.3, -0.25) is 4.98 Å². The van der Waals surface area contributed by atoms with Crippen LogP contribution in [0.25, 0.3) is 0 Å². The highest BCUT2D eigenvalue weighted by Gasteiger charge is 2.49. The molecule has 2 aliphatic rings. The normalized spacial score (nSPS) is 24.0. The van der Waals surface area contributed by atoms with Crippen LogP contribution in [0.2, 0.25) is 0 Å². The number of fused-ring (bicyclic) bond motifs is 1. The van der Waals surface area contributed by atoms with Crippen LogP contribution in [-0.4, -0.2) is 30.4 Å². The molecule has 2 atom stereocenters. The minimum Gasteiger partial charge on any atom is -0.381 e. The summed E-state index contributed by atoms with van der Waals surface area (Å²) in [4.78, 5) is 3.78. The standard InChI is InChI=1S/C8H9F3O3S2.C5H5N/c9-8(10,11)16(12,13)14-7-1-5-3-15-4-6(5)2-7;1-2-4-6-5-3-1/h1,5-6H,2-4H2;1-5H. The second-order valence-electron chi connectivity index (χ2n) is 4.81. The Morgan fingerprint density at radius 1 is 1.18 bits per heavy atom. The Morgan fingerprint density at radius 3 is 2.32 bits per heavy atom. The number of aromatic nitrogens is 1. The third kappa shape index (κ3) is 4.39. The first kappa shape index (κ1) is 17.1. The van der Waals surface area contributed by atoms with Crippen molar-refractivity contribution in [1.29, 1.82) is 0 Å². The number of alkyl halides is 3. The van der Waals surface area contributed by atoms with Crippen LogP contribution in [0.1, 0.15) is 6.42 Å². The molecule has 1 aromatic rings. The zero-order chi connectivity index (χ0) is 16.2. The third-order valence-electron chi connectivity index (χ3n) is 3.18. The predicted octanol–water partition coefficient (Wildman–Crippen LogP) is 3.20. The van der Waals surface area contributed by atoms with Gasteiger partial charge in [0, 0.05) is 24.6 Å². The first-order valence-electron chi connectivity index (χ1n) is 6.44. The smallest absolute Gasteiger partial charge is 0.381 e. The highest BCUT2D eigenvalue weighted by molar-refractivity contribution is 7.99. The van der Waals surface area contributed by atoms with Crippen molar-refractivity contribution in [1.82, 2.24) is 4.98 Å². The van der Waals surface area contributed by atoms with E-state index < -0.39 is 15.6 Å². The van der Waals surface area contributed by atoms with E-state index in [-0.39, 0.29) is 24.0 Å². The van der Waals surface area contributed by atoms with Gasteiger partial charge in [-0.15, -0.1) is 0 Å². The molecule has 3 rings (SSSR count). The number of rotatable bonds is 2. The molecule has 2 unspecified atom stereocenters. The number of pyridine rings is 1. The van der Waals surface area contributed by atoms with Gasteiger partial charge in [0.1, 0.15) is 5.76 Å². The van der Waals surface area contributed by atoms with Crippen LogP contribution < -0.4 is 0 Å². The van der Waals surface area contributed by atoms with Crippen LogP contribution in [0, 0.1) is 11.8 Å². The van der Waals surface area contributed by atoms with Crippen molar-refractivity contribution < 1.29 is 25.8 Å². The van der Waals surface area contributed by atoms with Crippen LogP contribution >= 0.6 is 11.8 Å². The molecule has 4 nitrogen and oxygen atoms in total. The minimum atomic E-state index is -5.49. The topological polar surface area (TPSA) is 56.3 Å². The lowest BCUT2D eigenvalue weighted by Crippen LogP contribution is -2.25. The van der Waals surface area contributed by atoms with Crippen molar-refractivity contribution in [3.05, 3.63) is 42.4 Å². The molecule has 0 amide bonds. The molecule has 122 valence electrons. The zero-order valence-electron chi connectivity index (χ0n) is 11.4. The molecule has 1 aliphatic carbocycles. The fraction of sp³-hybridized carbons (Fsp3) is 0.462. The summed E-state index contributed by atoms with van der Waals surface area (Å²) in [6, 6.07) is 5.72. The second kappa shape index (κ2) is 6.91. The molecule has 0 saturated carbocycles. The number of allylic oxidation sites excluding steroid dienone is 2. The number of hydrogen-bond acceptors (Lipinski definition) is 5. The molecular formula is C13H14F3NO3S2. The Hall–Kier alpha value is -1.22. The molecule has 0 bridgehead atoms. The Balaban J connectivity index is 0.000000246. The molecule has 1 aliphatic heterocycles. The maximum atomic E-state index is 12.0. The SMILES string of the molecule is O=S(=O)(OC1=CC2CSCC2C1)C(F)(F)F.c1ccncc1. The average Bonchev–Trinajstić information content (AvgIpc) is 3.00. The van der Waals surface area contributed by atoms with Crippen LogP contribution in [-0.2, 0) is 14.3 Å². The summed E-state index contributed by atoms with van der Waals surface area (Å²) in [6.07, 6.45) is 5.29. The van der Waals surface area contributed by atoms with Gasteiger partial charge in [0.15, 0.2) is 0 Å². The van der Waals surface area contributed by atoms with Crippen molar-refractivity contribution in [3.8, 4) is 0 Å². The lowest BCUT2D eigenvalue weighted by Gasteiger charge is -2.10. The molecule has 22 heavy (non-hydrogen) atoms. The summed E-state index contributed by atoms with van der Waals surface area (Å²) in [6.45, 7) is 0. The molecule has 2 heterocycles. The van der Waals surface area contributed by atoms with E-state index in [0.29, 0.717) is 0 Å². The molecule has 1 saturated heterocycles. The minimum absolute atomic E-state index is 0.0624. The van der Waals surface area contributed by atoms with Gasteiger partial charge in [-0.05, 0) is 35.8 Å². The van der Waals surface area contributed by atoms with Gasteiger partial charge in [0.25, 0.3) is 0 Å². The molecule has 0 radical (unpaired) electrons. The van der Waals surface area contributed by atoms with E-state index in [0.717, 1.165) is 11.5 Å². The first-order valence-corrected chi connectivity index (χ1v) is 9.00. The molecule has 9 heteroatoms. The van der Waals surface area contributed by atoms with E-state index in [1.165, 1.54) is 6.08 Å². The second-order valence-corrected chi connectivity index (χ2v) is 7.42. The monoisotopic (exact) mass is 353 g/mol. The van der Waals surface area contributed by atoms with Gasteiger partial charge < -0.3 is 4.18 Å². The van der Waals surface area contributed by atoms with Crippen molar-refractivity contribution in [2.75, 3.05) is 11.5 Å². The highest BCUT2D eigenvalue weighted by Crippen LogP contribution is 2.42. The average molecular weight is 353 g/mol. The van der Waals surface area contributed by atoms with Gasteiger partial charge in [-0.25, -0.2) is 0 Å². The zero-order valence-corrected chi connectivity index (χ0v) is 13.0. The summed E-state index contributed by atoms with van der Waals surface area (Å²) < 4.78 is 61.7. The van der Waals surface area contributed by atoms with E-state index in [1.54, 1.807) is 24.2 Å². The molecular weight excluding hydrogens is 339 g/mol. The molecule has 1 aromatic heterocycles. The maximum Gasteiger partial charge on any atom is 0.534 e. The highest BCUT2D eigenvalue weighted by atomic mass is 32.2. The van der Waals surface area contributed by atoms with Crippen LogP contribution in [0.4, 0.5) is 13.2 Å². The fourth-order valence-corrected chi connectivity index (χ4v) is 4.08. The fourth-order valence-electron chi connectivity index (χ4n) is 2.14. The predicted molar refractivity (Wildman–Crippen MR) is 77.3 cm³/mol. The van der Waals surface area contributed by atoms with E-state index in [4.69, 9.17) is 0 Å². The Labute approximate surface area is 130 Å². The summed E-state index contributed by atoms with van der Waals surface area (Å²) in [7, 11) is -5.49. The summed E-state index contributed by atoms with van der Waals surface area (Å²) in [5.74, 6) is 1.99. The van der Waals surface area contributed by atoms with Gasteiger partial charge in [0.05, 0.1) is 0 Å². The number of nitrogens with zero attached hydrogens (tertiary/aromatic N) is 1.